The number of rotatable bonds is 8. The lowest BCUT2D eigenvalue weighted by atomic mass is 10.1. The Morgan fingerprint density at radius 2 is 1.92 bits per heavy atom. The van der Waals surface area contributed by atoms with Gasteiger partial charge in [0.25, 0.3) is 0 Å². The van der Waals surface area contributed by atoms with E-state index in [1.807, 2.05) is 63.2 Å². The van der Waals surface area contributed by atoms with Crippen molar-refractivity contribution < 1.29 is 9.53 Å². The summed E-state index contributed by atoms with van der Waals surface area (Å²) in [4.78, 5) is 16.4. The summed E-state index contributed by atoms with van der Waals surface area (Å²) in [6, 6.07) is 13.5. The molecule has 0 spiro atoms. The Hall–Kier alpha value is -2.01. The van der Waals surface area contributed by atoms with Crippen molar-refractivity contribution >= 4 is 17.7 Å². The molecule has 24 heavy (non-hydrogen) atoms. The van der Waals surface area contributed by atoms with Crippen LogP contribution in [-0.2, 0) is 10.5 Å². The largest absolute Gasteiger partial charge is 0.491 e. The Kier molecular flexibility index (Phi) is 7.12. The van der Waals surface area contributed by atoms with Gasteiger partial charge in [0.1, 0.15) is 5.75 Å². The summed E-state index contributed by atoms with van der Waals surface area (Å²) in [6.45, 7) is 5.96. The fourth-order valence-corrected chi connectivity index (χ4v) is 3.04. The number of aromatic nitrogens is 1. The highest BCUT2D eigenvalue weighted by Crippen LogP contribution is 2.25. The Labute approximate surface area is 148 Å². The average Bonchev–Trinajstić information content (AvgIpc) is 2.55. The Bertz CT molecular complexity index is 647. The summed E-state index contributed by atoms with van der Waals surface area (Å²) in [5, 5.41) is 3.04. The first kappa shape index (κ1) is 18.3. The standard InChI is InChI=1S/C19H24N2O2S/c1-14(2)23-18-10-5-4-9-17(18)15(3)21-19(22)13-24-12-16-8-6-7-11-20-16/h4-11,14-15H,12-13H2,1-3H3,(H,21,22)/t15-/m0/s1. The quantitative estimate of drug-likeness (QED) is 0.787. The minimum absolute atomic E-state index is 0.0165. The van der Waals surface area contributed by atoms with Crippen molar-refractivity contribution in [1.29, 1.82) is 0 Å². The third-order valence-corrected chi connectivity index (χ3v) is 4.30. The van der Waals surface area contributed by atoms with Gasteiger partial charge in [-0.25, -0.2) is 0 Å². The van der Waals surface area contributed by atoms with Crippen molar-refractivity contribution in [2.75, 3.05) is 5.75 Å². The molecule has 0 saturated carbocycles. The number of hydrogen-bond donors (Lipinski definition) is 1. The van der Waals surface area contributed by atoms with Gasteiger partial charge < -0.3 is 10.1 Å². The monoisotopic (exact) mass is 344 g/mol. The number of benzene rings is 1. The fraction of sp³-hybridized carbons (Fsp3) is 0.368. The smallest absolute Gasteiger partial charge is 0.230 e. The number of para-hydroxylation sites is 1. The van der Waals surface area contributed by atoms with Crippen LogP contribution in [-0.4, -0.2) is 22.7 Å². The van der Waals surface area contributed by atoms with E-state index in [1.165, 1.54) is 0 Å². The molecule has 1 amide bonds. The second-order valence-electron chi connectivity index (χ2n) is 5.81. The van der Waals surface area contributed by atoms with E-state index < -0.39 is 0 Å². The molecule has 0 radical (unpaired) electrons. The van der Waals surface area contributed by atoms with Crippen LogP contribution in [0, 0.1) is 0 Å². The summed E-state index contributed by atoms with van der Waals surface area (Å²) in [5.74, 6) is 1.98. The zero-order valence-electron chi connectivity index (χ0n) is 14.4. The predicted octanol–water partition coefficient (Wildman–Crippen LogP) is 3.98. The number of nitrogens with zero attached hydrogens (tertiary/aromatic N) is 1. The normalized spacial score (nSPS) is 12.0. The molecule has 0 unspecified atom stereocenters. The second kappa shape index (κ2) is 9.33. The van der Waals surface area contributed by atoms with Gasteiger partial charge in [0.2, 0.25) is 5.91 Å². The van der Waals surface area contributed by atoms with Crippen LogP contribution in [0.1, 0.15) is 38.1 Å². The lowest BCUT2D eigenvalue weighted by Crippen LogP contribution is -2.28. The van der Waals surface area contributed by atoms with Crippen molar-refractivity contribution in [2.24, 2.45) is 0 Å². The van der Waals surface area contributed by atoms with E-state index in [1.54, 1.807) is 18.0 Å². The fourth-order valence-electron chi connectivity index (χ4n) is 2.29. The average molecular weight is 344 g/mol. The van der Waals surface area contributed by atoms with Crippen LogP contribution < -0.4 is 10.1 Å². The van der Waals surface area contributed by atoms with Gasteiger partial charge in [-0.2, -0.15) is 0 Å². The molecule has 1 aromatic carbocycles. The summed E-state index contributed by atoms with van der Waals surface area (Å²) >= 11 is 1.56. The van der Waals surface area contributed by atoms with E-state index >= 15 is 0 Å². The molecule has 0 bridgehead atoms. The molecule has 2 rings (SSSR count). The van der Waals surface area contributed by atoms with Crippen LogP contribution in [0.4, 0.5) is 0 Å². The van der Waals surface area contributed by atoms with Gasteiger partial charge in [0.15, 0.2) is 0 Å². The maximum absolute atomic E-state index is 12.2. The minimum Gasteiger partial charge on any atom is -0.491 e. The van der Waals surface area contributed by atoms with Gasteiger partial charge in [-0.05, 0) is 39.0 Å². The molecule has 1 aromatic heterocycles. The third kappa shape index (κ3) is 5.89. The van der Waals surface area contributed by atoms with E-state index in [4.69, 9.17) is 4.74 Å². The molecular weight excluding hydrogens is 320 g/mol. The molecule has 0 fully saturated rings. The van der Waals surface area contributed by atoms with Gasteiger partial charge in [-0.15, -0.1) is 11.8 Å². The van der Waals surface area contributed by atoms with Crippen LogP contribution in [0.25, 0.3) is 0 Å². The van der Waals surface area contributed by atoms with Gasteiger partial charge in [0.05, 0.1) is 23.6 Å². The van der Waals surface area contributed by atoms with Gasteiger partial charge in [-0.1, -0.05) is 24.3 Å². The minimum atomic E-state index is -0.0945. The number of pyridine rings is 1. The number of carbonyl (C=O) groups excluding carboxylic acids is 1. The number of nitrogens with one attached hydrogen (secondary N) is 1. The van der Waals surface area contributed by atoms with Crippen molar-refractivity contribution in [1.82, 2.24) is 10.3 Å². The van der Waals surface area contributed by atoms with Crippen molar-refractivity contribution in [2.45, 2.75) is 38.7 Å². The topological polar surface area (TPSA) is 51.2 Å². The Morgan fingerprint density at radius 1 is 1.17 bits per heavy atom. The first-order valence-corrected chi connectivity index (χ1v) is 9.24. The molecule has 2 aromatic rings. The molecule has 128 valence electrons. The van der Waals surface area contributed by atoms with E-state index in [9.17, 15) is 4.79 Å². The SMILES string of the molecule is CC(C)Oc1ccccc1[C@H](C)NC(=O)CSCc1ccccn1. The first-order chi connectivity index (χ1) is 11.6. The van der Waals surface area contributed by atoms with Crippen LogP contribution in [0.15, 0.2) is 48.7 Å². The lowest BCUT2D eigenvalue weighted by molar-refractivity contribution is -0.119. The third-order valence-electron chi connectivity index (χ3n) is 3.33. The van der Waals surface area contributed by atoms with Crippen LogP contribution in [0.5, 0.6) is 5.75 Å². The summed E-state index contributed by atoms with van der Waals surface area (Å²) in [5.41, 5.74) is 1.98. The van der Waals surface area contributed by atoms with Crippen molar-refractivity contribution in [3.63, 3.8) is 0 Å². The highest BCUT2D eigenvalue weighted by molar-refractivity contribution is 7.99. The van der Waals surface area contributed by atoms with E-state index in [0.29, 0.717) is 5.75 Å². The number of hydrogen-bond acceptors (Lipinski definition) is 4. The number of amides is 1. The first-order valence-electron chi connectivity index (χ1n) is 8.09. The van der Waals surface area contributed by atoms with Crippen molar-refractivity contribution in [3.8, 4) is 5.75 Å². The molecule has 0 aliphatic carbocycles. The lowest BCUT2D eigenvalue weighted by Gasteiger charge is -2.19. The number of carbonyl (C=O) groups is 1. The van der Waals surface area contributed by atoms with E-state index in [0.717, 1.165) is 22.8 Å². The molecule has 0 aliphatic heterocycles. The molecule has 5 heteroatoms. The molecular formula is C19H24N2O2S. The highest BCUT2D eigenvalue weighted by atomic mass is 32.2. The second-order valence-corrected chi connectivity index (χ2v) is 6.79. The van der Waals surface area contributed by atoms with Crippen LogP contribution in [0.3, 0.4) is 0 Å². The molecule has 1 atom stereocenters. The maximum atomic E-state index is 12.2. The zero-order valence-corrected chi connectivity index (χ0v) is 15.2. The Morgan fingerprint density at radius 3 is 2.62 bits per heavy atom. The highest BCUT2D eigenvalue weighted by Gasteiger charge is 2.14. The van der Waals surface area contributed by atoms with Crippen LogP contribution in [0.2, 0.25) is 0 Å². The predicted molar refractivity (Wildman–Crippen MR) is 99.2 cm³/mol. The van der Waals surface area contributed by atoms with Gasteiger partial charge in [-0.3, -0.25) is 9.78 Å². The van der Waals surface area contributed by atoms with Crippen molar-refractivity contribution in [3.05, 3.63) is 59.9 Å². The molecule has 4 nitrogen and oxygen atoms in total. The van der Waals surface area contributed by atoms with E-state index in [2.05, 4.69) is 10.3 Å². The zero-order chi connectivity index (χ0) is 17.4. The van der Waals surface area contributed by atoms with E-state index in [-0.39, 0.29) is 18.1 Å². The van der Waals surface area contributed by atoms with Crippen LogP contribution >= 0.6 is 11.8 Å². The Balaban J connectivity index is 1.85. The molecule has 1 heterocycles. The number of ether oxygens (including phenoxy) is 1. The molecule has 0 saturated heterocycles. The van der Waals surface area contributed by atoms with Gasteiger partial charge in [0, 0.05) is 17.5 Å². The maximum Gasteiger partial charge on any atom is 0.230 e. The summed E-state index contributed by atoms with van der Waals surface area (Å²) in [6.07, 6.45) is 1.87. The van der Waals surface area contributed by atoms with Gasteiger partial charge >= 0.3 is 0 Å². The summed E-state index contributed by atoms with van der Waals surface area (Å²) in [7, 11) is 0. The number of thioether (sulfide) groups is 1. The summed E-state index contributed by atoms with van der Waals surface area (Å²) < 4.78 is 5.82. The molecule has 0 aliphatic rings. The molecule has 1 N–H and O–H groups in total.